The van der Waals surface area contributed by atoms with Crippen LogP contribution < -0.4 is 5.84 Å². The molecule has 0 aromatic carbocycles. The summed E-state index contributed by atoms with van der Waals surface area (Å²) in [5.74, 6) is 5.86. The van der Waals surface area contributed by atoms with E-state index in [1.807, 2.05) is 0 Å². The molecular weight excluding hydrogens is 222 g/mol. The van der Waals surface area contributed by atoms with Crippen LogP contribution in [-0.2, 0) is 0 Å². The molecule has 0 spiro atoms. The van der Waals surface area contributed by atoms with Crippen molar-refractivity contribution in [2.75, 3.05) is 0 Å². The van der Waals surface area contributed by atoms with Gasteiger partial charge in [-0.1, -0.05) is 47.8 Å². The van der Waals surface area contributed by atoms with Crippen molar-refractivity contribution < 1.29 is 0 Å². The third-order valence-electron chi connectivity index (χ3n) is 3.49. The summed E-state index contributed by atoms with van der Waals surface area (Å²) >= 11 is 0. The van der Waals surface area contributed by atoms with Crippen LogP contribution in [-0.4, -0.2) is 6.04 Å². The van der Waals surface area contributed by atoms with Gasteiger partial charge in [0.05, 0.1) is 6.04 Å². The highest BCUT2D eigenvalue weighted by molar-refractivity contribution is 5.27. The molecule has 0 aromatic heterocycles. The Morgan fingerprint density at radius 2 is 2.22 bits per heavy atom. The summed E-state index contributed by atoms with van der Waals surface area (Å²) in [5.41, 5.74) is 1.27. The highest BCUT2D eigenvalue weighted by Gasteiger charge is 2.15. The van der Waals surface area contributed by atoms with Crippen LogP contribution in [0.25, 0.3) is 0 Å². The molecule has 0 fully saturated rings. The number of hydrogen-bond acceptors (Lipinski definition) is 2. The summed E-state index contributed by atoms with van der Waals surface area (Å²) in [6.07, 6.45) is 20.9. The zero-order valence-electron chi connectivity index (χ0n) is 10.7. The van der Waals surface area contributed by atoms with E-state index in [1.165, 1.54) is 5.57 Å². The molecule has 0 heterocycles. The summed E-state index contributed by atoms with van der Waals surface area (Å²) in [5, 5.41) is 7.67. The molecule has 3 heteroatoms. The first-order valence-electron chi connectivity index (χ1n) is 6.70. The molecule has 1 unspecified atom stereocenters. The molecule has 0 aromatic rings. The highest BCUT2D eigenvalue weighted by atomic mass is 15.3. The zero-order chi connectivity index (χ0) is 12.6. The second-order valence-corrected chi connectivity index (χ2v) is 4.82. The van der Waals surface area contributed by atoms with E-state index in [2.05, 4.69) is 52.9 Å². The molecule has 2 aliphatic carbocycles. The van der Waals surface area contributed by atoms with Gasteiger partial charge in [0.25, 0.3) is 0 Å². The van der Waals surface area contributed by atoms with Crippen LogP contribution in [0.3, 0.4) is 0 Å². The van der Waals surface area contributed by atoms with E-state index in [4.69, 9.17) is 5.84 Å². The summed E-state index contributed by atoms with van der Waals surface area (Å²) in [6, 6.07) is 0.130. The lowest BCUT2D eigenvalue weighted by atomic mass is 9.90. The predicted molar refractivity (Wildman–Crippen MR) is 74.9 cm³/mol. The molecule has 2 atom stereocenters. The number of allylic oxidation sites excluding steroid dienone is 6. The molecule has 2 aliphatic rings. The second-order valence-electron chi connectivity index (χ2n) is 4.82. The molecule has 3 nitrogen and oxygen atoms in total. The van der Waals surface area contributed by atoms with Crippen LogP contribution in [0.5, 0.6) is 0 Å². The smallest absolute Gasteiger partial charge is 0.0975 e. The lowest BCUT2D eigenvalue weighted by molar-refractivity contribution is 0.522. The Balaban J connectivity index is 1.90. The van der Waals surface area contributed by atoms with E-state index in [9.17, 15) is 0 Å². The first-order chi connectivity index (χ1) is 8.90. The third-order valence-corrected chi connectivity index (χ3v) is 3.49. The SMILES string of the molecule is NN=N[C@@H](CCC1C=CC=CC1)C1=CCCC=C1. The van der Waals surface area contributed by atoms with Crippen molar-refractivity contribution in [3.05, 3.63) is 48.1 Å². The molecule has 18 heavy (non-hydrogen) atoms. The first kappa shape index (κ1) is 12.8. The lowest BCUT2D eigenvalue weighted by Crippen LogP contribution is -2.11. The van der Waals surface area contributed by atoms with Gasteiger partial charge in [-0.15, -0.1) is 0 Å². The van der Waals surface area contributed by atoms with Crippen molar-refractivity contribution in [1.82, 2.24) is 0 Å². The van der Waals surface area contributed by atoms with Crippen LogP contribution >= 0.6 is 0 Å². The van der Waals surface area contributed by atoms with E-state index < -0.39 is 0 Å². The quantitative estimate of drug-likeness (QED) is 0.445. The Hall–Kier alpha value is -1.64. The summed E-state index contributed by atoms with van der Waals surface area (Å²) in [4.78, 5) is 0. The summed E-state index contributed by atoms with van der Waals surface area (Å²) < 4.78 is 0. The Bertz CT molecular complexity index is 402. The molecule has 0 aliphatic heterocycles. The molecule has 2 rings (SSSR count). The van der Waals surface area contributed by atoms with Gasteiger partial charge in [0, 0.05) is 0 Å². The van der Waals surface area contributed by atoms with E-state index in [0.29, 0.717) is 5.92 Å². The van der Waals surface area contributed by atoms with E-state index in [0.717, 1.165) is 32.1 Å². The van der Waals surface area contributed by atoms with Crippen LogP contribution in [0.4, 0.5) is 0 Å². The van der Waals surface area contributed by atoms with E-state index >= 15 is 0 Å². The van der Waals surface area contributed by atoms with Crippen molar-refractivity contribution >= 4 is 0 Å². The average molecular weight is 243 g/mol. The van der Waals surface area contributed by atoms with Crippen LogP contribution in [0, 0.1) is 5.92 Å². The van der Waals surface area contributed by atoms with Crippen LogP contribution in [0.2, 0.25) is 0 Å². The van der Waals surface area contributed by atoms with Gasteiger partial charge >= 0.3 is 0 Å². The maximum Gasteiger partial charge on any atom is 0.0975 e. The molecule has 0 saturated carbocycles. The van der Waals surface area contributed by atoms with Gasteiger partial charge in [0.15, 0.2) is 0 Å². The minimum Gasteiger partial charge on any atom is -0.305 e. The number of nitrogens with zero attached hydrogens (tertiary/aromatic N) is 2. The third kappa shape index (κ3) is 3.69. The first-order valence-corrected chi connectivity index (χ1v) is 6.70. The standard InChI is InChI=1S/C15H21N3/c16-18-17-15(14-9-5-2-6-10-14)12-11-13-7-3-1-4-8-13/h1,3-5,7,9-10,13,15H,2,6,8,11-12H2,(H2,16,17)/t13?,15-/m0/s1. The van der Waals surface area contributed by atoms with Crippen molar-refractivity contribution in [2.45, 2.75) is 38.1 Å². The van der Waals surface area contributed by atoms with Crippen molar-refractivity contribution in [1.29, 1.82) is 0 Å². The number of nitrogens with two attached hydrogens (primary N) is 1. The lowest BCUT2D eigenvalue weighted by Gasteiger charge is -2.18. The summed E-state index contributed by atoms with van der Waals surface area (Å²) in [7, 11) is 0. The van der Waals surface area contributed by atoms with E-state index in [1.54, 1.807) is 0 Å². The molecule has 0 amide bonds. The number of hydrogen-bond donors (Lipinski definition) is 1. The van der Waals surface area contributed by atoms with Gasteiger partial charge in [-0.3, -0.25) is 0 Å². The highest BCUT2D eigenvalue weighted by Crippen LogP contribution is 2.24. The fourth-order valence-electron chi connectivity index (χ4n) is 2.47. The average Bonchev–Trinajstić information content (AvgIpc) is 2.45. The van der Waals surface area contributed by atoms with Gasteiger partial charge in [-0.2, -0.15) is 5.11 Å². The minimum atomic E-state index is 0.130. The van der Waals surface area contributed by atoms with Gasteiger partial charge in [-0.25, -0.2) is 0 Å². The Labute approximate surface area is 109 Å². The fourth-order valence-corrected chi connectivity index (χ4v) is 2.47. The molecule has 0 saturated heterocycles. The van der Waals surface area contributed by atoms with Crippen molar-refractivity contribution in [2.24, 2.45) is 22.1 Å². The Morgan fingerprint density at radius 3 is 2.89 bits per heavy atom. The minimum absolute atomic E-state index is 0.130. The fraction of sp³-hybridized carbons (Fsp3) is 0.467. The maximum absolute atomic E-state index is 5.23. The molecule has 0 bridgehead atoms. The Morgan fingerprint density at radius 1 is 1.28 bits per heavy atom. The molecule has 2 N–H and O–H groups in total. The van der Waals surface area contributed by atoms with Gasteiger partial charge in [0.1, 0.15) is 0 Å². The molecular formula is C15H21N3. The topological polar surface area (TPSA) is 50.7 Å². The van der Waals surface area contributed by atoms with E-state index in [-0.39, 0.29) is 6.04 Å². The largest absolute Gasteiger partial charge is 0.305 e. The van der Waals surface area contributed by atoms with Crippen molar-refractivity contribution in [3.63, 3.8) is 0 Å². The second kappa shape index (κ2) is 6.94. The Kier molecular flexibility index (Phi) is 4.94. The van der Waals surface area contributed by atoms with Gasteiger partial charge < -0.3 is 5.84 Å². The molecule has 0 radical (unpaired) electrons. The zero-order valence-corrected chi connectivity index (χ0v) is 10.7. The normalized spacial score (nSPS) is 24.4. The van der Waals surface area contributed by atoms with Gasteiger partial charge in [-0.05, 0) is 43.6 Å². The van der Waals surface area contributed by atoms with Gasteiger partial charge in [0.2, 0.25) is 0 Å². The predicted octanol–water partition coefficient (Wildman–Crippen LogP) is 3.87. The van der Waals surface area contributed by atoms with Crippen LogP contribution in [0.15, 0.2) is 58.4 Å². The summed E-state index contributed by atoms with van der Waals surface area (Å²) in [6.45, 7) is 0. The molecule has 96 valence electrons. The monoisotopic (exact) mass is 243 g/mol. The maximum atomic E-state index is 5.23. The van der Waals surface area contributed by atoms with Crippen LogP contribution in [0.1, 0.15) is 32.1 Å². The number of rotatable bonds is 5. The van der Waals surface area contributed by atoms with Crippen molar-refractivity contribution in [3.8, 4) is 0 Å².